The molecule has 0 saturated heterocycles. The van der Waals surface area contributed by atoms with Crippen LogP contribution in [0.2, 0.25) is 0 Å². The van der Waals surface area contributed by atoms with Crippen molar-refractivity contribution in [2.75, 3.05) is 19.0 Å². The van der Waals surface area contributed by atoms with Crippen LogP contribution in [0.4, 0.5) is 13.2 Å². The first-order valence-electron chi connectivity index (χ1n) is 8.18. The summed E-state index contributed by atoms with van der Waals surface area (Å²) >= 11 is 1.07. The van der Waals surface area contributed by atoms with E-state index in [4.69, 9.17) is 9.47 Å². The molecule has 5 nitrogen and oxygen atoms in total. The summed E-state index contributed by atoms with van der Waals surface area (Å²) in [4.78, 5) is 15.9. The molecule has 1 amide bonds. The SMILES string of the molecule is CC(NC(=O)CSc1ccc(C(F)(F)F)cn1)c1ccc2c(c1)OCCO2. The first-order chi connectivity index (χ1) is 12.8. The average molecular weight is 398 g/mol. The van der Waals surface area contributed by atoms with Crippen LogP contribution in [0, 0.1) is 0 Å². The highest BCUT2D eigenvalue weighted by molar-refractivity contribution is 7.99. The number of alkyl halides is 3. The van der Waals surface area contributed by atoms with E-state index in [2.05, 4.69) is 10.3 Å². The van der Waals surface area contributed by atoms with E-state index in [0.29, 0.717) is 29.7 Å². The van der Waals surface area contributed by atoms with E-state index in [9.17, 15) is 18.0 Å². The van der Waals surface area contributed by atoms with Crippen LogP contribution in [-0.4, -0.2) is 29.9 Å². The molecule has 0 bridgehead atoms. The fourth-order valence-corrected chi connectivity index (χ4v) is 3.12. The van der Waals surface area contributed by atoms with Gasteiger partial charge in [0.25, 0.3) is 0 Å². The van der Waals surface area contributed by atoms with Crippen molar-refractivity contribution in [2.24, 2.45) is 0 Å². The maximum Gasteiger partial charge on any atom is 0.417 e. The van der Waals surface area contributed by atoms with Gasteiger partial charge in [0.05, 0.1) is 22.4 Å². The minimum Gasteiger partial charge on any atom is -0.486 e. The number of halogens is 3. The minimum absolute atomic E-state index is 0.0489. The molecule has 27 heavy (non-hydrogen) atoms. The summed E-state index contributed by atoms with van der Waals surface area (Å²) < 4.78 is 48.5. The lowest BCUT2D eigenvalue weighted by Gasteiger charge is -2.21. The number of hydrogen-bond donors (Lipinski definition) is 1. The first kappa shape index (κ1) is 19.3. The number of amides is 1. The molecular formula is C18H17F3N2O3S. The Morgan fingerprint density at radius 2 is 1.96 bits per heavy atom. The molecule has 0 fully saturated rings. The highest BCUT2D eigenvalue weighted by atomic mass is 32.2. The molecule has 1 unspecified atom stereocenters. The molecule has 1 aromatic carbocycles. The number of hydrogen-bond acceptors (Lipinski definition) is 5. The van der Waals surface area contributed by atoms with Gasteiger partial charge in [-0.05, 0) is 36.8 Å². The second-order valence-electron chi connectivity index (χ2n) is 5.86. The Balaban J connectivity index is 1.53. The Labute approximate surface area is 158 Å². The van der Waals surface area contributed by atoms with Gasteiger partial charge in [0, 0.05) is 6.20 Å². The zero-order chi connectivity index (χ0) is 19.4. The van der Waals surface area contributed by atoms with Crippen LogP contribution < -0.4 is 14.8 Å². The smallest absolute Gasteiger partial charge is 0.417 e. The van der Waals surface area contributed by atoms with Gasteiger partial charge in [-0.3, -0.25) is 4.79 Å². The molecule has 1 aliphatic rings. The summed E-state index contributed by atoms with van der Waals surface area (Å²) in [5.41, 5.74) is 0.0498. The van der Waals surface area contributed by atoms with E-state index in [0.717, 1.165) is 29.6 Å². The van der Waals surface area contributed by atoms with Crippen LogP contribution in [0.3, 0.4) is 0 Å². The highest BCUT2D eigenvalue weighted by Gasteiger charge is 2.30. The Hall–Kier alpha value is -2.42. The van der Waals surface area contributed by atoms with E-state index >= 15 is 0 Å². The normalized spacial score (nSPS) is 14.5. The third-order valence-corrected chi connectivity index (χ3v) is 4.80. The second-order valence-corrected chi connectivity index (χ2v) is 6.86. The van der Waals surface area contributed by atoms with Crippen molar-refractivity contribution in [2.45, 2.75) is 24.2 Å². The first-order valence-corrected chi connectivity index (χ1v) is 9.16. The average Bonchev–Trinajstić information content (AvgIpc) is 2.65. The Morgan fingerprint density at radius 1 is 1.22 bits per heavy atom. The fraction of sp³-hybridized carbons (Fsp3) is 0.333. The standard InChI is InChI=1S/C18H17F3N2O3S/c1-11(12-2-4-14-15(8-12)26-7-6-25-14)23-16(24)10-27-17-5-3-13(9-22-17)18(19,20)21/h2-5,8-9,11H,6-7,10H2,1H3,(H,23,24). The van der Waals surface area contributed by atoms with E-state index in [-0.39, 0.29) is 17.7 Å². The van der Waals surface area contributed by atoms with Gasteiger partial charge in [-0.15, -0.1) is 0 Å². The van der Waals surface area contributed by atoms with E-state index in [1.807, 2.05) is 19.1 Å². The zero-order valence-corrected chi connectivity index (χ0v) is 15.2. The number of ether oxygens (including phenoxy) is 2. The quantitative estimate of drug-likeness (QED) is 0.776. The maximum atomic E-state index is 12.5. The van der Waals surface area contributed by atoms with Crippen molar-refractivity contribution >= 4 is 17.7 Å². The van der Waals surface area contributed by atoms with Crippen molar-refractivity contribution in [3.8, 4) is 11.5 Å². The topological polar surface area (TPSA) is 60.5 Å². The predicted octanol–water partition coefficient (Wildman–Crippen LogP) is 3.84. The predicted molar refractivity (Wildman–Crippen MR) is 94.0 cm³/mol. The van der Waals surface area contributed by atoms with Gasteiger partial charge in [0.15, 0.2) is 11.5 Å². The van der Waals surface area contributed by atoms with Crippen molar-refractivity contribution < 1.29 is 27.4 Å². The molecule has 0 radical (unpaired) electrons. The molecule has 144 valence electrons. The summed E-state index contributed by atoms with van der Waals surface area (Å²) in [6, 6.07) is 7.42. The minimum atomic E-state index is -4.42. The second kappa shape index (κ2) is 8.08. The molecule has 2 aromatic rings. The molecule has 2 heterocycles. The molecule has 0 saturated carbocycles. The van der Waals surface area contributed by atoms with Crippen molar-refractivity contribution in [1.29, 1.82) is 0 Å². The summed E-state index contributed by atoms with van der Waals surface area (Å²) in [5, 5.41) is 3.20. The summed E-state index contributed by atoms with van der Waals surface area (Å²) in [6.45, 7) is 2.83. The number of pyridine rings is 1. The number of carbonyl (C=O) groups is 1. The zero-order valence-electron chi connectivity index (χ0n) is 14.4. The van der Waals surface area contributed by atoms with Gasteiger partial charge in [-0.25, -0.2) is 4.98 Å². The molecule has 1 atom stereocenters. The summed E-state index contributed by atoms with van der Waals surface area (Å²) in [7, 11) is 0. The Morgan fingerprint density at radius 3 is 2.63 bits per heavy atom. The number of carbonyl (C=O) groups excluding carboxylic acids is 1. The number of benzene rings is 1. The maximum absolute atomic E-state index is 12.5. The van der Waals surface area contributed by atoms with Crippen LogP contribution in [0.5, 0.6) is 11.5 Å². The van der Waals surface area contributed by atoms with Gasteiger partial charge >= 0.3 is 6.18 Å². The summed E-state index contributed by atoms with van der Waals surface area (Å²) in [6.07, 6.45) is -3.66. The molecule has 1 aromatic heterocycles. The molecular weight excluding hydrogens is 381 g/mol. The van der Waals surface area contributed by atoms with Gasteiger partial charge in [-0.2, -0.15) is 13.2 Å². The molecule has 1 aliphatic heterocycles. The van der Waals surface area contributed by atoms with Crippen LogP contribution in [-0.2, 0) is 11.0 Å². The van der Waals surface area contributed by atoms with Gasteiger partial charge in [0.2, 0.25) is 5.91 Å². The monoisotopic (exact) mass is 398 g/mol. The molecule has 3 rings (SSSR count). The molecule has 1 N–H and O–H groups in total. The van der Waals surface area contributed by atoms with Gasteiger partial charge < -0.3 is 14.8 Å². The number of nitrogens with one attached hydrogen (secondary N) is 1. The van der Waals surface area contributed by atoms with Crippen molar-refractivity contribution in [3.05, 3.63) is 47.7 Å². The highest BCUT2D eigenvalue weighted by Crippen LogP contribution is 2.33. The molecule has 0 aliphatic carbocycles. The molecule has 9 heteroatoms. The third kappa shape index (κ3) is 5.06. The Bertz CT molecular complexity index is 812. The van der Waals surface area contributed by atoms with Crippen molar-refractivity contribution in [3.63, 3.8) is 0 Å². The lowest BCUT2D eigenvalue weighted by Crippen LogP contribution is -2.28. The molecule has 0 spiro atoms. The van der Waals surface area contributed by atoms with Crippen LogP contribution >= 0.6 is 11.8 Å². The third-order valence-electron chi connectivity index (χ3n) is 3.86. The lowest BCUT2D eigenvalue weighted by atomic mass is 10.1. The van der Waals surface area contributed by atoms with Crippen LogP contribution in [0.25, 0.3) is 0 Å². The number of rotatable bonds is 5. The Kier molecular flexibility index (Phi) is 5.79. The number of nitrogens with zero attached hydrogens (tertiary/aromatic N) is 1. The number of thioether (sulfide) groups is 1. The van der Waals surface area contributed by atoms with Crippen LogP contribution in [0.1, 0.15) is 24.1 Å². The van der Waals surface area contributed by atoms with E-state index in [1.165, 1.54) is 6.07 Å². The fourth-order valence-electron chi connectivity index (χ4n) is 2.47. The number of aromatic nitrogens is 1. The largest absolute Gasteiger partial charge is 0.486 e. The number of fused-ring (bicyclic) bond motifs is 1. The van der Waals surface area contributed by atoms with E-state index in [1.54, 1.807) is 6.07 Å². The lowest BCUT2D eigenvalue weighted by molar-refractivity contribution is -0.137. The van der Waals surface area contributed by atoms with E-state index < -0.39 is 11.7 Å². The van der Waals surface area contributed by atoms with Crippen LogP contribution in [0.15, 0.2) is 41.6 Å². The summed E-state index contributed by atoms with van der Waals surface area (Å²) in [5.74, 6) is 1.12. The van der Waals surface area contributed by atoms with Crippen molar-refractivity contribution in [1.82, 2.24) is 10.3 Å². The van der Waals surface area contributed by atoms with Gasteiger partial charge in [0.1, 0.15) is 13.2 Å². The van der Waals surface area contributed by atoms with Gasteiger partial charge in [-0.1, -0.05) is 17.8 Å².